The molecule has 4 rings (SSSR count). The summed E-state index contributed by atoms with van der Waals surface area (Å²) in [7, 11) is 3.52. The van der Waals surface area contributed by atoms with E-state index in [1.807, 2.05) is 25.2 Å². The number of rotatable bonds is 3. The number of methoxy groups -OCH3 is 1. The van der Waals surface area contributed by atoms with Crippen molar-refractivity contribution in [2.24, 2.45) is 16.8 Å². The van der Waals surface area contributed by atoms with Gasteiger partial charge in [-0.1, -0.05) is 17.7 Å². The summed E-state index contributed by atoms with van der Waals surface area (Å²) >= 11 is 6.03. The fourth-order valence-electron chi connectivity index (χ4n) is 4.50. The average Bonchev–Trinajstić information content (AvgIpc) is 3.29. The van der Waals surface area contributed by atoms with Gasteiger partial charge in [-0.2, -0.15) is 0 Å². The van der Waals surface area contributed by atoms with E-state index >= 15 is 0 Å². The molecule has 3 fully saturated rings. The van der Waals surface area contributed by atoms with Gasteiger partial charge < -0.3 is 19.7 Å². The molecule has 138 valence electrons. The van der Waals surface area contributed by atoms with Crippen molar-refractivity contribution < 1.29 is 9.47 Å². The lowest BCUT2D eigenvalue weighted by molar-refractivity contribution is 0.0767. The molecule has 25 heavy (non-hydrogen) atoms. The Hall–Kier alpha value is -0.730. The van der Waals surface area contributed by atoms with Gasteiger partial charge in [0.15, 0.2) is 5.96 Å². The number of nitrogens with zero attached hydrogens (tertiary/aromatic N) is 2. The molecule has 5 nitrogen and oxygen atoms in total. The fraction of sp³-hybridized carbons (Fsp3) is 0.611. The molecular formula is C18H25ClIN3O2. The molecule has 0 radical (unpaired) electrons. The summed E-state index contributed by atoms with van der Waals surface area (Å²) in [5, 5.41) is 4.16. The summed E-state index contributed by atoms with van der Waals surface area (Å²) in [6, 6.07) is 5.73. The van der Waals surface area contributed by atoms with Crippen molar-refractivity contribution in [1.82, 2.24) is 10.2 Å². The van der Waals surface area contributed by atoms with Crippen molar-refractivity contribution in [2.75, 3.05) is 27.2 Å². The molecule has 1 N–H and O–H groups in total. The van der Waals surface area contributed by atoms with E-state index in [0.29, 0.717) is 35.6 Å². The highest BCUT2D eigenvalue weighted by Gasteiger charge is 2.53. The number of guanidine groups is 1. The Morgan fingerprint density at radius 1 is 1.32 bits per heavy atom. The van der Waals surface area contributed by atoms with Crippen LogP contribution in [0.5, 0.6) is 5.75 Å². The van der Waals surface area contributed by atoms with Gasteiger partial charge in [-0.15, -0.1) is 24.0 Å². The van der Waals surface area contributed by atoms with Gasteiger partial charge in [0, 0.05) is 49.1 Å². The standard InChI is InChI=1S/C18H24ClN3O2.HI/c1-20-18(21-8-11-3-4-12(19)7-17(11)23-2)22-9-13-14(10-22)16-6-5-15(13)24-16;/h3-4,7,13-16H,5-6,8-10H2,1-2H3,(H,20,21);1H. The second-order valence-electron chi connectivity index (χ2n) is 6.88. The predicted octanol–water partition coefficient (Wildman–Crippen LogP) is 3.15. The van der Waals surface area contributed by atoms with Gasteiger partial charge in [0.25, 0.3) is 0 Å². The van der Waals surface area contributed by atoms with Gasteiger partial charge >= 0.3 is 0 Å². The minimum atomic E-state index is 0. The molecule has 0 amide bonds. The first kappa shape index (κ1) is 19.0. The van der Waals surface area contributed by atoms with Gasteiger partial charge in [-0.25, -0.2) is 0 Å². The Morgan fingerprint density at radius 3 is 2.60 bits per heavy atom. The highest BCUT2D eigenvalue weighted by Crippen LogP contribution is 2.47. The highest BCUT2D eigenvalue weighted by molar-refractivity contribution is 14.0. The third kappa shape index (κ3) is 3.57. The zero-order valence-electron chi connectivity index (χ0n) is 14.6. The van der Waals surface area contributed by atoms with E-state index in [9.17, 15) is 0 Å². The Kier molecular flexibility index (Phi) is 6.00. The minimum absolute atomic E-state index is 0. The first-order chi connectivity index (χ1) is 11.7. The lowest BCUT2D eigenvalue weighted by Gasteiger charge is -2.23. The molecule has 1 aromatic rings. The fourth-order valence-corrected chi connectivity index (χ4v) is 4.67. The van der Waals surface area contributed by atoms with Crippen molar-refractivity contribution in [2.45, 2.75) is 31.6 Å². The van der Waals surface area contributed by atoms with Gasteiger partial charge in [-0.05, 0) is 25.0 Å². The zero-order valence-corrected chi connectivity index (χ0v) is 17.7. The molecule has 0 aliphatic carbocycles. The van der Waals surface area contributed by atoms with E-state index in [0.717, 1.165) is 30.4 Å². The predicted molar refractivity (Wildman–Crippen MR) is 110 cm³/mol. The van der Waals surface area contributed by atoms with Crippen LogP contribution in [0, 0.1) is 11.8 Å². The Bertz CT molecular complexity index is 639. The van der Waals surface area contributed by atoms with E-state index in [1.54, 1.807) is 7.11 Å². The van der Waals surface area contributed by atoms with Crippen molar-refractivity contribution in [3.05, 3.63) is 28.8 Å². The van der Waals surface area contributed by atoms with Crippen molar-refractivity contribution >= 4 is 41.5 Å². The second-order valence-corrected chi connectivity index (χ2v) is 7.32. The van der Waals surface area contributed by atoms with E-state index in [2.05, 4.69) is 15.2 Å². The first-order valence-electron chi connectivity index (χ1n) is 8.63. The molecule has 4 atom stereocenters. The maximum absolute atomic E-state index is 6.06. The number of fused-ring (bicyclic) bond motifs is 5. The van der Waals surface area contributed by atoms with Crippen LogP contribution in [0.2, 0.25) is 5.02 Å². The smallest absolute Gasteiger partial charge is 0.193 e. The molecule has 0 aromatic heterocycles. The number of likely N-dealkylation sites (tertiary alicyclic amines) is 1. The lowest BCUT2D eigenvalue weighted by atomic mass is 9.82. The molecule has 0 spiro atoms. The van der Waals surface area contributed by atoms with Crippen LogP contribution in [0.25, 0.3) is 0 Å². The number of halogens is 2. The average molecular weight is 478 g/mol. The molecule has 4 unspecified atom stereocenters. The number of benzene rings is 1. The second kappa shape index (κ2) is 7.88. The minimum Gasteiger partial charge on any atom is -0.496 e. The van der Waals surface area contributed by atoms with Crippen LogP contribution in [0.4, 0.5) is 0 Å². The third-order valence-corrected chi connectivity index (χ3v) is 5.89. The Labute approximate surface area is 171 Å². The maximum atomic E-state index is 6.06. The summed E-state index contributed by atoms with van der Waals surface area (Å²) in [6.45, 7) is 2.76. The molecule has 3 heterocycles. The van der Waals surface area contributed by atoms with E-state index < -0.39 is 0 Å². The molecule has 3 aliphatic rings. The van der Waals surface area contributed by atoms with Crippen LogP contribution in [-0.2, 0) is 11.3 Å². The van der Waals surface area contributed by atoms with Crippen molar-refractivity contribution in [1.29, 1.82) is 0 Å². The SMILES string of the molecule is CN=C(NCc1ccc(Cl)cc1OC)N1CC2C3CCC(O3)C2C1.I. The monoisotopic (exact) mass is 477 g/mol. The summed E-state index contributed by atoms with van der Waals surface area (Å²) in [5.74, 6) is 3.11. The van der Waals surface area contributed by atoms with Crippen molar-refractivity contribution in [3.63, 3.8) is 0 Å². The quantitative estimate of drug-likeness (QED) is 0.413. The number of hydrogen-bond donors (Lipinski definition) is 1. The molecule has 7 heteroatoms. The first-order valence-corrected chi connectivity index (χ1v) is 9.01. The van der Waals surface area contributed by atoms with Crippen LogP contribution in [0.15, 0.2) is 23.2 Å². The third-order valence-electron chi connectivity index (χ3n) is 5.65. The van der Waals surface area contributed by atoms with Gasteiger partial charge in [0.1, 0.15) is 5.75 Å². The van der Waals surface area contributed by atoms with E-state index in [1.165, 1.54) is 12.8 Å². The number of aliphatic imine (C=N–C) groups is 1. The Balaban J connectivity index is 0.00000182. The molecule has 0 saturated carbocycles. The van der Waals surface area contributed by atoms with Gasteiger partial charge in [0.05, 0.1) is 19.3 Å². The number of hydrogen-bond acceptors (Lipinski definition) is 3. The molecule has 1 aromatic carbocycles. The van der Waals surface area contributed by atoms with Crippen LogP contribution >= 0.6 is 35.6 Å². The maximum Gasteiger partial charge on any atom is 0.193 e. The summed E-state index contributed by atoms with van der Waals surface area (Å²) < 4.78 is 11.5. The molecule has 3 saturated heterocycles. The number of ether oxygens (including phenoxy) is 2. The van der Waals surface area contributed by atoms with Crippen LogP contribution in [-0.4, -0.2) is 50.3 Å². The van der Waals surface area contributed by atoms with Gasteiger partial charge in [-0.3, -0.25) is 4.99 Å². The molecule has 3 aliphatic heterocycles. The molecular weight excluding hydrogens is 453 g/mol. The van der Waals surface area contributed by atoms with Crippen LogP contribution in [0.3, 0.4) is 0 Å². The van der Waals surface area contributed by atoms with Crippen molar-refractivity contribution in [3.8, 4) is 5.75 Å². The van der Waals surface area contributed by atoms with E-state index in [-0.39, 0.29) is 24.0 Å². The van der Waals surface area contributed by atoms with E-state index in [4.69, 9.17) is 21.1 Å². The summed E-state index contributed by atoms with van der Waals surface area (Å²) in [5.41, 5.74) is 1.07. The van der Waals surface area contributed by atoms with Crippen LogP contribution in [0.1, 0.15) is 18.4 Å². The topological polar surface area (TPSA) is 46.1 Å². The summed E-state index contributed by atoms with van der Waals surface area (Å²) in [6.07, 6.45) is 3.40. The van der Waals surface area contributed by atoms with Gasteiger partial charge in [0.2, 0.25) is 0 Å². The molecule has 2 bridgehead atoms. The lowest BCUT2D eigenvalue weighted by Crippen LogP contribution is -2.41. The normalized spacial score (nSPS) is 30.2. The summed E-state index contributed by atoms with van der Waals surface area (Å²) in [4.78, 5) is 6.86. The number of nitrogens with one attached hydrogen (secondary N) is 1. The largest absolute Gasteiger partial charge is 0.496 e. The van der Waals surface area contributed by atoms with Crippen LogP contribution < -0.4 is 10.1 Å². The highest BCUT2D eigenvalue weighted by atomic mass is 127. The zero-order chi connectivity index (χ0) is 16.7. The Morgan fingerprint density at radius 2 is 2.00 bits per heavy atom.